The molecular formula is C22H25N7O2S. The lowest BCUT2D eigenvalue weighted by Crippen LogP contribution is -2.42. The number of aromatic nitrogens is 5. The van der Waals surface area contributed by atoms with Gasteiger partial charge in [0, 0.05) is 34.1 Å². The van der Waals surface area contributed by atoms with Gasteiger partial charge in [0.05, 0.1) is 11.6 Å². The highest BCUT2D eigenvalue weighted by Crippen LogP contribution is 2.35. The maximum Gasteiger partial charge on any atom is 0.410 e. The van der Waals surface area contributed by atoms with Crippen LogP contribution >= 0.6 is 11.3 Å². The molecule has 4 heterocycles. The van der Waals surface area contributed by atoms with Crippen molar-refractivity contribution in [3.05, 3.63) is 29.6 Å². The summed E-state index contributed by atoms with van der Waals surface area (Å²) < 4.78 is 6.77. The van der Waals surface area contributed by atoms with Crippen LogP contribution in [0.5, 0.6) is 0 Å². The van der Waals surface area contributed by atoms with E-state index in [0.717, 1.165) is 47.1 Å². The largest absolute Gasteiger partial charge is 0.444 e. The molecule has 10 heteroatoms. The number of anilines is 1. The second-order valence-corrected chi connectivity index (χ2v) is 9.87. The van der Waals surface area contributed by atoms with E-state index in [1.54, 1.807) is 11.3 Å². The van der Waals surface area contributed by atoms with E-state index in [0.29, 0.717) is 12.4 Å². The van der Waals surface area contributed by atoms with Gasteiger partial charge in [0.2, 0.25) is 0 Å². The van der Waals surface area contributed by atoms with Crippen molar-refractivity contribution in [2.75, 3.05) is 18.4 Å². The number of carbonyl (C=O) groups excluding carboxylic acids is 1. The SMILES string of the molecule is CC(C)(C)OC(=O)N1CCCC1CNc1nc2cc(-c3nnn[nH]3)ccc2c2sccc12. The summed E-state index contributed by atoms with van der Waals surface area (Å²) in [6.07, 6.45) is 1.66. The Hall–Kier alpha value is -3.27. The van der Waals surface area contributed by atoms with E-state index < -0.39 is 5.60 Å². The van der Waals surface area contributed by atoms with Gasteiger partial charge < -0.3 is 15.0 Å². The highest BCUT2D eigenvalue weighted by atomic mass is 32.1. The van der Waals surface area contributed by atoms with Crippen LogP contribution < -0.4 is 5.32 Å². The van der Waals surface area contributed by atoms with Crippen molar-refractivity contribution in [2.24, 2.45) is 0 Å². The van der Waals surface area contributed by atoms with E-state index >= 15 is 0 Å². The van der Waals surface area contributed by atoms with Gasteiger partial charge in [-0.25, -0.2) is 14.9 Å². The molecule has 0 aliphatic carbocycles. The molecule has 166 valence electrons. The zero-order valence-electron chi connectivity index (χ0n) is 18.3. The minimum absolute atomic E-state index is 0.0719. The first-order chi connectivity index (χ1) is 15.4. The van der Waals surface area contributed by atoms with Crippen LogP contribution in [-0.4, -0.2) is 61.3 Å². The number of amides is 1. The normalized spacial score (nSPS) is 16.7. The van der Waals surface area contributed by atoms with Gasteiger partial charge in [-0.3, -0.25) is 0 Å². The van der Waals surface area contributed by atoms with Crippen molar-refractivity contribution in [3.63, 3.8) is 0 Å². The Morgan fingerprint density at radius 3 is 2.97 bits per heavy atom. The lowest BCUT2D eigenvalue weighted by atomic mass is 10.1. The predicted molar refractivity (Wildman–Crippen MR) is 125 cm³/mol. The molecule has 2 N–H and O–H groups in total. The Balaban J connectivity index is 1.42. The molecule has 3 aromatic heterocycles. The second kappa shape index (κ2) is 8.01. The summed E-state index contributed by atoms with van der Waals surface area (Å²) in [5.74, 6) is 1.42. The maximum atomic E-state index is 12.6. The Bertz CT molecular complexity index is 1260. The molecule has 5 rings (SSSR count). The standard InChI is InChI=1S/C22H25N7O2S/c1-22(2,3)31-21(30)29-9-4-5-14(29)12-23-20-16-8-10-32-18(16)15-7-6-13(11-17(15)24-20)19-25-27-28-26-19/h6-8,10-11,14H,4-5,9,12H2,1-3H3,(H,23,24)(H,25,26,27,28). The number of nitrogens with zero attached hydrogens (tertiary/aromatic N) is 5. The Morgan fingerprint density at radius 1 is 1.31 bits per heavy atom. The molecule has 1 aliphatic rings. The number of benzene rings is 1. The number of carbonyl (C=O) groups is 1. The van der Waals surface area contributed by atoms with Crippen LogP contribution in [0.15, 0.2) is 29.6 Å². The molecule has 9 nitrogen and oxygen atoms in total. The third kappa shape index (κ3) is 3.97. The van der Waals surface area contributed by atoms with Crippen LogP contribution in [0.4, 0.5) is 10.6 Å². The van der Waals surface area contributed by atoms with E-state index in [2.05, 4.69) is 43.5 Å². The van der Waals surface area contributed by atoms with Crippen molar-refractivity contribution >= 4 is 44.2 Å². The van der Waals surface area contributed by atoms with Gasteiger partial charge in [-0.05, 0) is 61.6 Å². The highest BCUT2D eigenvalue weighted by molar-refractivity contribution is 7.18. The van der Waals surface area contributed by atoms with Gasteiger partial charge in [-0.15, -0.1) is 16.4 Å². The van der Waals surface area contributed by atoms with E-state index in [1.165, 1.54) is 4.70 Å². The average molecular weight is 452 g/mol. The summed E-state index contributed by atoms with van der Waals surface area (Å²) in [4.78, 5) is 19.4. The van der Waals surface area contributed by atoms with Crippen molar-refractivity contribution in [1.29, 1.82) is 0 Å². The molecule has 0 bridgehead atoms. The fraction of sp³-hybridized carbons (Fsp3) is 0.409. The van der Waals surface area contributed by atoms with E-state index in [9.17, 15) is 4.79 Å². The molecule has 1 aliphatic heterocycles. The van der Waals surface area contributed by atoms with Gasteiger partial charge in [0.15, 0.2) is 5.82 Å². The molecule has 0 radical (unpaired) electrons. The van der Waals surface area contributed by atoms with E-state index in [4.69, 9.17) is 9.72 Å². The lowest BCUT2D eigenvalue weighted by Gasteiger charge is -2.28. The molecule has 1 atom stereocenters. The van der Waals surface area contributed by atoms with Crippen LogP contribution in [-0.2, 0) is 4.74 Å². The minimum Gasteiger partial charge on any atom is -0.444 e. The molecule has 32 heavy (non-hydrogen) atoms. The molecule has 1 amide bonds. The van der Waals surface area contributed by atoms with Crippen LogP contribution in [0, 0.1) is 0 Å². The Morgan fingerprint density at radius 2 is 2.19 bits per heavy atom. The third-order valence-corrected chi connectivity index (χ3v) is 6.47. The fourth-order valence-electron chi connectivity index (χ4n) is 4.09. The number of rotatable bonds is 4. The summed E-state index contributed by atoms with van der Waals surface area (Å²) >= 11 is 1.69. The summed E-state index contributed by atoms with van der Waals surface area (Å²) in [7, 11) is 0. The first-order valence-corrected chi connectivity index (χ1v) is 11.6. The number of hydrogen-bond donors (Lipinski definition) is 2. The number of aromatic amines is 1. The molecule has 1 saturated heterocycles. The molecule has 4 aromatic rings. The number of likely N-dealkylation sites (tertiary alicyclic amines) is 1. The number of nitrogens with one attached hydrogen (secondary N) is 2. The van der Waals surface area contributed by atoms with Gasteiger partial charge >= 0.3 is 6.09 Å². The number of fused-ring (bicyclic) bond motifs is 3. The van der Waals surface area contributed by atoms with Gasteiger partial charge in [0.25, 0.3) is 0 Å². The van der Waals surface area contributed by atoms with E-state index in [1.807, 2.05) is 37.8 Å². The van der Waals surface area contributed by atoms with Crippen molar-refractivity contribution < 1.29 is 9.53 Å². The van der Waals surface area contributed by atoms with Gasteiger partial charge in [0.1, 0.15) is 11.4 Å². The first kappa shape index (κ1) is 20.6. The zero-order chi connectivity index (χ0) is 22.3. The average Bonchev–Trinajstić information content (AvgIpc) is 3.52. The van der Waals surface area contributed by atoms with Crippen molar-refractivity contribution in [1.82, 2.24) is 30.5 Å². The molecule has 1 fully saturated rings. The second-order valence-electron chi connectivity index (χ2n) is 8.96. The summed E-state index contributed by atoms with van der Waals surface area (Å²) in [5.41, 5.74) is 1.24. The van der Waals surface area contributed by atoms with Crippen LogP contribution in [0.25, 0.3) is 32.4 Å². The van der Waals surface area contributed by atoms with Crippen LogP contribution in [0.3, 0.4) is 0 Å². The topological polar surface area (TPSA) is 109 Å². The molecule has 0 spiro atoms. The number of thiophene rings is 1. The third-order valence-electron chi connectivity index (χ3n) is 5.52. The van der Waals surface area contributed by atoms with Crippen molar-refractivity contribution in [3.8, 4) is 11.4 Å². The Kier molecular flexibility index (Phi) is 5.16. The first-order valence-electron chi connectivity index (χ1n) is 10.7. The molecule has 0 saturated carbocycles. The summed E-state index contributed by atoms with van der Waals surface area (Å²) in [5, 5.41) is 21.9. The lowest BCUT2D eigenvalue weighted by molar-refractivity contribution is 0.0235. The van der Waals surface area contributed by atoms with Crippen molar-refractivity contribution in [2.45, 2.75) is 45.3 Å². The quantitative estimate of drug-likeness (QED) is 0.472. The van der Waals surface area contributed by atoms with Gasteiger partial charge in [-0.2, -0.15) is 0 Å². The molecule has 1 unspecified atom stereocenters. The number of H-pyrrole nitrogens is 1. The maximum absolute atomic E-state index is 12.6. The number of ether oxygens (including phenoxy) is 1. The smallest absolute Gasteiger partial charge is 0.410 e. The minimum atomic E-state index is -0.503. The predicted octanol–water partition coefficient (Wildman–Crippen LogP) is 4.44. The van der Waals surface area contributed by atoms with Gasteiger partial charge in [-0.1, -0.05) is 12.1 Å². The fourth-order valence-corrected chi connectivity index (χ4v) is 5.02. The van der Waals surface area contributed by atoms with Crippen LogP contribution in [0.2, 0.25) is 0 Å². The van der Waals surface area contributed by atoms with Crippen LogP contribution in [0.1, 0.15) is 33.6 Å². The number of hydrogen-bond acceptors (Lipinski definition) is 8. The molecular weight excluding hydrogens is 426 g/mol. The van der Waals surface area contributed by atoms with E-state index in [-0.39, 0.29) is 12.1 Å². The Labute approximate surface area is 189 Å². The monoisotopic (exact) mass is 451 g/mol. The summed E-state index contributed by atoms with van der Waals surface area (Å²) in [6.45, 7) is 7.01. The number of pyridine rings is 1. The highest BCUT2D eigenvalue weighted by Gasteiger charge is 2.32. The molecule has 1 aromatic carbocycles. The number of tetrazole rings is 1. The summed E-state index contributed by atoms with van der Waals surface area (Å²) in [6, 6.07) is 8.20. The zero-order valence-corrected chi connectivity index (χ0v) is 19.1.